The Morgan fingerprint density at radius 2 is 2.06 bits per heavy atom. The van der Waals surface area contributed by atoms with Gasteiger partial charge in [0.25, 0.3) is 5.69 Å². The average molecular weight is 237 g/mol. The van der Waals surface area contributed by atoms with Crippen LogP contribution in [0.25, 0.3) is 0 Å². The number of nitrogens with zero attached hydrogens (tertiary/aromatic N) is 2. The van der Waals surface area contributed by atoms with E-state index in [0.717, 1.165) is 24.3 Å². The van der Waals surface area contributed by atoms with Crippen molar-refractivity contribution in [3.63, 3.8) is 0 Å². The third-order valence-electron chi connectivity index (χ3n) is 2.89. The summed E-state index contributed by atoms with van der Waals surface area (Å²) in [5, 5.41) is 10.8. The molecule has 0 spiro atoms. The van der Waals surface area contributed by atoms with Crippen molar-refractivity contribution in [2.24, 2.45) is 0 Å². The number of hydrogen-bond donors (Lipinski definition) is 1. The second kappa shape index (κ2) is 4.58. The highest BCUT2D eigenvalue weighted by Crippen LogP contribution is 2.31. The largest absolute Gasteiger partial charge is 0.393 e. The number of nitrogens with two attached hydrogens (primary N) is 1. The van der Waals surface area contributed by atoms with Crippen molar-refractivity contribution >= 4 is 17.1 Å². The van der Waals surface area contributed by atoms with Gasteiger partial charge >= 0.3 is 0 Å². The molecular weight excluding hydrogens is 222 g/mol. The Bertz CT molecular complexity index is 442. The first-order chi connectivity index (χ1) is 8.09. The zero-order valence-corrected chi connectivity index (χ0v) is 9.68. The van der Waals surface area contributed by atoms with E-state index in [1.54, 1.807) is 6.07 Å². The molecule has 1 aromatic rings. The van der Waals surface area contributed by atoms with Gasteiger partial charge in [0.15, 0.2) is 0 Å². The summed E-state index contributed by atoms with van der Waals surface area (Å²) < 4.78 is 5.27. The van der Waals surface area contributed by atoms with E-state index in [-0.39, 0.29) is 11.4 Å². The molecule has 2 rings (SSSR count). The average Bonchev–Trinajstić information content (AvgIpc) is 2.32. The van der Waals surface area contributed by atoms with Crippen molar-refractivity contribution in [1.82, 2.24) is 0 Å². The molecule has 0 atom stereocenters. The lowest BCUT2D eigenvalue weighted by molar-refractivity contribution is -0.383. The van der Waals surface area contributed by atoms with Crippen molar-refractivity contribution in [2.45, 2.75) is 6.92 Å². The summed E-state index contributed by atoms with van der Waals surface area (Å²) in [5.74, 6) is 0. The van der Waals surface area contributed by atoms with Gasteiger partial charge in [0.05, 0.1) is 18.1 Å². The summed E-state index contributed by atoms with van der Waals surface area (Å²) in [5.41, 5.74) is 7.70. The molecule has 1 aromatic carbocycles. The predicted octanol–water partition coefficient (Wildman–Crippen LogP) is 1.32. The molecule has 0 radical (unpaired) electrons. The van der Waals surface area contributed by atoms with Gasteiger partial charge in [-0.15, -0.1) is 0 Å². The van der Waals surface area contributed by atoms with Crippen molar-refractivity contribution in [3.05, 3.63) is 27.8 Å². The molecular formula is C11H15N3O3. The summed E-state index contributed by atoms with van der Waals surface area (Å²) in [4.78, 5) is 12.4. The van der Waals surface area contributed by atoms with Crippen LogP contribution in [0.1, 0.15) is 5.56 Å². The van der Waals surface area contributed by atoms with Gasteiger partial charge in [0.1, 0.15) is 5.69 Å². The van der Waals surface area contributed by atoms with Crippen LogP contribution in [0, 0.1) is 17.0 Å². The third-order valence-corrected chi connectivity index (χ3v) is 2.89. The van der Waals surface area contributed by atoms with E-state index in [0.29, 0.717) is 13.2 Å². The SMILES string of the molecule is Cc1cc([N+](=O)[O-])c(N)cc1N1CCOCC1. The van der Waals surface area contributed by atoms with E-state index < -0.39 is 4.92 Å². The Balaban J connectivity index is 2.35. The van der Waals surface area contributed by atoms with Gasteiger partial charge in [-0.25, -0.2) is 0 Å². The number of morpholine rings is 1. The van der Waals surface area contributed by atoms with Crippen molar-refractivity contribution < 1.29 is 9.66 Å². The van der Waals surface area contributed by atoms with E-state index in [4.69, 9.17) is 10.5 Å². The molecule has 0 bridgehead atoms. The second-order valence-corrected chi connectivity index (χ2v) is 4.05. The Morgan fingerprint density at radius 1 is 1.41 bits per heavy atom. The van der Waals surface area contributed by atoms with Crippen LogP contribution in [0.4, 0.5) is 17.1 Å². The molecule has 17 heavy (non-hydrogen) atoms. The molecule has 1 aliphatic rings. The van der Waals surface area contributed by atoms with Gasteiger partial charge in [0.2, 0.25) is 0 Å². The minimum atomic E-state index is -0.453. The van der Waals surface area contributed by atoms with Crippen LogP contribution in [0.2, 0.25) is 0 Å². The topological polar surface area (TPSA) is 81.6 Å². The first kappa shape index (κ1) is 11.7. The molecule has 0 aliphatic carbocycles. The van der Waals surface area contributed by atoms with Crippen molar-refractivity contribution in [2.75, 3.05) is 36.9 Å². The predicted molar refractivity (Wildman–Crippen MR) is 65.3 cm³/mol. The van der Waals surface area contributed by atoms with E-state index in [9.17, 15) is 10.1 Å². The molecule has 1 heterocycles. The number of nitro groups is 1. The molecule has 92 valence electrons. The van der Waals surface area contributed by atoms with Crippen molar-refractivity contribution in [1.29, 1.82) is 0 Å². The minimum Gasteiger partial charge on any atom is -0.393 e. The maximum atomic E-state index is 10.8. The van der Waals surface area contributed by atoms with Crippen LogP contribution in [-0.4, -0.2) is 31.2 Å². The summed E-state index contributed by atoms with van der Waals surface area (Å²) in [6.07, 6.45) is 0. The summed E-state index contributed by atoms with van der Waals surface area (Å²) in [6, 6.07) is 3.21. The smallest absolute Gasteiger partial charge is 0.292 e. The number of nitrogen functional groups attached to an aromatic ring is 1. The molecule has 1 fully saturated rings. The van der Waals surface area contributed by atoms with Crippen LogP contribution < -0.4 is 10.6 Å². The van der Waals surface area contributed by atoms with Crippen molar-refractivity contribution in [3.8, 4) is 0 Å². The number of ether oxygens (including phenoxy) is 1. The fraction of sp³-hybridized carbons (Fsp3) is 0.455. The Labute approximate surface area is 99.1 Å². The first-order valence-electron chi connectivity index (χ1n) is 5.47. The second-order valence-electron chi connectivity index (χ2n) is 4.05. The number of aryl methyl sites for hydroxylation is 1. The van der Waals surface area contributed by atoms with Crippen LogP contribution in [-0.2, 0) is 4.74 Å². The van der Waals surface area contributed by atoms with Gasteiger partial charge in [-0.05, 0) is 18.6 Å². The maximum absolute atomic E-state index is 10.8. The van der Waals surface area contributed by atoms with Gasteiger partial charge in [-0.1, -0.05) is 0 Å². The molecule has 6 heteroatoms. The highest BCUT2D eigenvalue weighted by Gasteiger charge is 2.18. The summed E-state index contributed by atoms with van der Waals surface area (Å²) >= 11 is 0. The molecule has 0 unspecified atom stereocenters. The molecule has 1 saturated heterocycles. The quantitative estimate of drug-likeness (QED) is 0.476. The fourth-order valence-corrected chi connectivity index (χ4v) is 2.00. The van der Waals surface area contributed by atoms with Gasteiger partial charge in [-0.2, -0.15) is 0 Å². The Kier molecular flexibility index (Phi) is 3.14. The van der Waals surface area contributed by atoms with Crippen LogP contribution in [0.5, 0.6) is 0 Å². The van der Waals surface area contributed by atoms with E-state index in [2.05, 4.69) is 4.90 Å². The third kappa shape index (κ3) is 2.31. The van der Waals surface area contributed by atoms with Gasteiger partial charge in [0, 0.05) is 24.8 Å². The highest BCUT2D eigenvalue weighted by molar-refractivity contribution is 5.70. The summed E-state index contributed by atoms with van der Waals surface area (Å²) in [7, 11) is 0. The lowest BCUT2D eigenvalue weighted by atomic mass is 10.1. The van der Waals surface area contributed by atoms with Crippen LogP contribution >= 0.6 is 0 Å². The maximum Gasteiger partial charge on any atom is 0.292 e. The zero-order valence-electron chi connectivity index (χ0n) is 9.68. The molecule has 1 aliphatic heterocycles. The molecule has 0 saturated carbocycles. The lowest BCUT2D eigenvalue weighted by Crippen LogP contribution is -2.36. The van der Waals surface area contributed by atoms with Gasteiger partial charge < -0.3 is 15.4 Å². The Hall–Kier alpha value is -1.82. The standard InChI is InChI=1S/C11H15N3O3/c1-8-6-11(14(15)16)9(12)7-10(8)13-2-4-17-5-3-13/h6-7H,2-5,12H2,1H3. The van der Waals surface area contributed by atoms with E-state index >= 15 is 0 Å². The lowest BCUT2D eigenvalue weighted by Gasteiger charge is -2.30. The minimum absolute atomic E-state index is 0.0282. The normalized spacial score (nSPS) is 15.9. The summed E-state index contributed by atoms with van der Waals surface area (Å²) in [6.45, 7) is 4.79. The number of rotatable bonds is 2. The molecule has 6 nitrogen and oxygen atoms in total. The molecule has 0 amide bonds. The highest BCUT2D eigenvalue weighted by atomic mass is 16.6. The monoisotopic (exact) mass is 237 g/mol. The number of nitro benzene ring substituents is 1. The fourth-order valence-electron chi connectivity index (χ4n) is 2.00. The zero-order chi connectivity index (χ0) is 12.4. The van der Waals surface area contributed by atoms with E-state index in [1.165, 1.54) is 6.07 Å². The van der Waals surface area contributed by atoms with Crippen LogP contribution in [0.3, 0.4) is 0 Å². The van der Waals surface area contributed by atoms with Gasteiger partial charge in [-0.3, -0.25) is 10.1 Å². The number of benzene rings is 1. The van der Waals surface area contributed by atoms with Crippen LogP contribution in [0.15, 0.2) is 12.1 Å². The van der Waals surface area contributed by atoms with E-state index in [1.807, 2.05) is 6.92 Å². The Morgan fingerprint density at radius 3 is 2.65 bits per heavy atom. The number of hydrogen-bond acceptors (Lipinski definition) is 5. The number of anilines is 2. The molecule has 2 N–H and O–H groups in total. The molecule has 0 aromatic heterocycles. The first-order valence-corrected chi connectivity index (χ1v) is 5.47.